The van der Waals surface area contributed by atoms with Crippen LogP contribution in [0.4, 0.5) is 0 Å². The number of fused-ring (bicyclic) bond motifs is 4. The molecule has 5 heterocycles. The van der Waals surface area contributed by atoms with Gasteiger partial charge >= 0.3 is 0 Å². The summed E-state index contributed by atoms with van der Waals surface area (Å²) < 4.78 is 10.9. The molecular formula is C16H18N2O3. The van der Waals surface area contributed by atoms with Crippen LogP contribution in [-0.4, -0.2) is 30.9 Å². The summed E-state index contributed by atoms with van der Waals surface area (Å²) in [5.74, 6) is 2.18. The van der Waals surface area contributed by atoms with E-state index < -0.39 is 0 Å². The standard InChI is InChI=1S/C16H18N2O3/c19-9-13-7-14(16(21-13)12-3-6-20-10-12)15-8-17-18-4-1-11(15)2-5-18/h3,6-7,9-11,15,17H,1-2,4-5,8H2. The van der Waals surface area contributed by atoms with E-state index in [1.165, 1.54) is 12.8 Å². The van der Waals surface area contributed by atoms with Gasteiger partial charge in [0.15, 0.2) is 12.0 Å². The van der Waals surface area contributed by atoms with Crippen LogP contribution in [0.1, 0.15) is 34.9 Å². The quantitative estimate of drug-likeness (QED) is 0.879. The predicted molar refractivity (Wildman–Crippen MR) is 76.8 cm³/mol. The number of carbonyl (C=O) groups excluding carboxylic acids is 1. The fourth-order valence-corrected chi connectivity index (χ4v) is 3.60. The summed E-state index contributed by atoms with van der Waals surface area (Å²) in [4.78, 5) is 11.1. The Balaban J connectivity index is 1.76. The van der Waals surface area contributed by atoms with Crippen LogP contribution in [0.25, 0.3) is 11.3 Å². The van der Waals surface area contributed by atoms with Crippen LogP contribution in [0.2, 0.25) is 0 Å². The predicted octanol–water partition coefficient (Wildman–Crippen LogP) is 2.67. The van der Waals surface area contributed by atoms with Crippen LogP contribution in [-0.2, 0) is 0 Å². The molecule has 0 amide bonds. The van der Waals surface area contributed by atoms with Gasteiger partial charge in [0.2, 0.25) is 0 Å². The van der Waals surface area contributed by atoms with Crippen LogP contribution in [0, 0.1) is 5.92 Å². The van der Waals surface area contributed by atoms with Gasteiger partial charge in [-0.3, -0.25) is 10.2 Å². The van der Waals surface area contributed by atoms with Crippen molar-refractivity contribution in [3.8, 4) is 11.3 Å². The maximum absolute atomic E-state index is 11.1. The highest BCUT2D eigenvalue weighted by atomic mass is 16.4. The lowest BCUT2D eigenvalue weighted by Gasteiger charge is -2.28. The number of carbonyl (C=O) groups is 1. The summed E-state index contributed by atoms with van der Waals surface area (Å²) in [6.07, 6.45) is 6.44. The third-order valence-electron chi connectivity index (χ3n) is 4.72. The molecule has 0 aliphatic carbocycles. The zero-order valence-corrected chi connectivity index (χ0v) is 11.7. The lowest BCUT2D eigenvalue weighted by molar-refractivity contribution is 0.110. The van der Waals surface area contributed by atoms with Gasteiger partial charge in [0.25, 0.3) is 0 Å². The van der Waals surface area contributed by atoms with E-state index in [4.69, 9.17) is 8.83 Å². The summed E-state index contributed by atoms with van der Waals surface area (Å²) in [6, 6.07) is 3.78. The fourth-order valence-electron chi connectivity index (χ4n) is 3.60. The Morgan fingerprint density at radius 1 is 1.33 bits per heavy atom. The van der Waals surface area contributed by atoms with Crippen molar-refractivity contribution in [3.63, 3.8) is 0 Å². The average Bonchev–Trinajstić information content (AvgIpc) is 3.10. The van der Waals surface area contributed by atoms with Gasteiger partial charge in [-0.25, -0.2) is 5.01 Å². The van der Waals surface area contributed by atoms with Gasteiger partial charge in [-0.05, 0) is 30.9 Å². The second-order valence-electron chi connectivity index (χ2n) is 5.86. The summed E-state index contributed by atoms with van der Waals surface area (Å²) in [7, 11) is 0. The molecule has 2 bridgehead atoms. The van der Waals surface area contributed by atoms with Crippen molar-refractivity contribution < 1.29 is 13.6 Å². The number of furan rings is 2. The van der Waals surface area contributed by atoms with E-state index in [-0.39, 0.29) is 0 Å². The van der Waals surface area contributed by atoms with E-state index in [2.05, 4.69) is 10.4 Å². The van der Waals surface area contributed by atoms with Gasteiger partial charge in [0.05, 0.1) is 11.8 Å². The monoisotopic (exact) mass is 286 g/mol. The molecule has 3 aliphatic rings. The fraction of sp³-hybridized carbons (Fsp3) is 0.438. The summed E-state index contributed by atoms with van der Waals surface area (Å²) in [5, 5.41) is 2.30. The molecule has 2 aromatic rings. The summed E-state index contributed by atoms with van der Waals surface area (Å²) in [5.41, 5.74) is 5.53. The van der Waals surface area contributed by atoms with E-state index in [1.54, 1.807) is 12.5 Å². The van der Waals surface area contributed by atoms with Crippen molar-refractivity contribution >= 4 is 6.29 Å². The number of piperidine rings is 1. The molecule has 2 aromatic heterocycles. The number of hydrogen-bond donors (Lipinski definition) is 1. The molecule has 110 valence electrons. The van der Waals surface area contributed by atoms with E-state index >= 15 is 0 Å². The number of aldehydes is 1. The number of hydrogen-bond acceptors (Lipinski definition) is 5. The Labute approximate surface area is 122 Å². The first-order chi connectivity index (χ1) is 10.3. The molecule has 5 heteroatoms. The number of nitrogens with one attached hydrogen (secondary N) is 1. The molecule has 0 radical (unpaired) electrons. The van der Waals surface area contributed by atoms with E-state index in [9.17, 15) is 4.79 Å². The smallest absolute Gasteiger partial charge is 0.185 e. The third kappa shape index (κ3) is 2.22. The molecule has 3 aliphatic heterocycles. The second-order valence-corrected chi connectivity index (χ2v) is 5.86. The molecular weight excluding hydrogens is 268 g/mol. The number of rotatable bonds is 3. The van der Waals surface area contributed by atoms with E-state index in [0.29, 0.717) is 17.6 Å². The maximum atomic E-state index is 11.1. The summed E-state index contributed by atoms with van der Waals surface area (Å²) in [6.45, 7) is 3.09. The van der Waals surface area contributed by atoms with Gasteiger partial charge < -0.3 is 8.83 Å². The van der Waals surface area contributed by atoms with Crippen LogP contribution in [0.15, 0.2) is 33.5 Å². The Hall–Kier alpha value is -1.85. The van der Waals surface area contributed by atoms with Crippen molar-refractivity contribution in [2.24, 2.45) is 5.92 Å². The lowest BCUT2D eigenvalue weighted by atomic mass is 9.80. The van der Waals surface area contributed by atoms with Gasteiger partial charge in [-0.1, -0.05) is 0 Å². The molecule has 0 spiro atoms. The zero-order chi connectivity index (χ0) is 14.2. The molecule has 1 unspecified atom stereocenters. The van der Waals surface area contributed by atoms with Crippen molar-refractivity contribution in [1.29, 1.82) is 0 Å². The minimum absolute atomic E-state index is 0.375. The highest BCUT2D eigenvalue weighted by molar-refractivity contribution is 5.75. The zero-order valence-electron chi connectivity index (χ0n) is 11.7. The molecule has 5 rings (SSSR count). The van der Waals surface area contributed by atoms with Gasteiger partial charge in [0.1, 0.15) is 12.0 Å². The number of hydrazine groups is 1. The highest BCUT2D eigenvalue weighted by Crippen LogP contribution is 2.40. The van der Waals surface area contributed by atoms with Crippen molar-refractivity contribution in [3.05, 3.63) is 36.0 Å². The maximum Gasteiger partial charge on any atom is 0.185 e. The topological polar surface area (TPSA) is 58.6 Å². The minimum Gasteiger partial charge on any atom is -0.472 e. The first kappa shape index (κ1) is 12.9. The Kier molecular flexibility index (Phi) is 3.16. The lowest BCUT2D eigenvalue weighted by Crippen LogP contribution is -2.39. The van der Waals surface area contributed by atoms with E-state index in [1.807, 2.05) is 12.1 Å². The summed E-state index contributed by atoms with van der Waals surface area (Å²) >= 11 is 0. The van der Waals surface area contributed by atoms with Crippen LogP contribution in [0.3, 0.4) is 0 Å². The third-order valence-corrected chi connectivity index (χ3v) is 4.72. The normalized spacial score (nSPS) is 28.5. The SMILES string of the molecule is O=Cc1cc(C2CNN3CCC2CC3)c(-c2ccoc2)o1. The number of nitrogens with zero attached hydrogens (tertiary/aromatic N) is 1. The van der Waals surface area contributed by atoms with Gasteiger partial charge in [-0.2, -0.15) is 0 Å². The van der Waals surface area contributed by atoms with Crippen LogP contribution < -0.4 is 5.43 Å². The van der Waals surface area contributed by atoms with Crippen LogP contribution in [0.5, 0.6) is 0 Å². The van der Waals surface area contributed by atoms with Crippen LogP contribution >= 0.6 is 0 Å². The molecule has 0 saturated carbocycles. The average molecular weight is 286 g/mol. The van der Waals surface area contributed by atoms with Gasteiger partial charge in [0, 0.05) is 31.1 Å². The van der Waals surface area contributed by atoms with E-state index in [0.717, 1.165) is 42.8 Å². The first-order valence-corrected chi connectivity index (χ1v) is 7.45. The van der Waals surface area contributed by atoms with Gasteiger partial charge in [-0.15, -0.1) is 0 Å². The van der Waals surface area contributed by atoms with Crippen molar-refractivity contribution in [2.45, 2.75) is 18.8 Å². The molecule has 1 N–H and O–H groups in total. The molecule has 1 atom stereocenters. The Morgan fingerprint density at radius 2 is 2.19 bits per heavy atom. The molecule has 3 saturated heterocycles. The minimum atomic E-state index is 0.375. The largest absolute Gasteiger partial charge is 0.472 e. The molecule has 21 heavy (non-hydrogen) atoms. The Morgan fingerprint density at radius 3 is 2.90 bits per heavy atom. The second kappa shape index (κ2) is 5.16. The molecule has 0 aromatic carbocycles. The molecule has 3 fully saturated rings. The van der Waals surface area contributed by atoms with Crippen molar-refractivity contribution in [1.82, 2.24) is 10.4 Å². The first-order valence-electron chi connectivity index (χ1n) is 7.45. The Bertz CT molecular complexity index is 624. The highest BCUT2D eigenvalue weighted by Gasteiger charge is 2.34. The van der Waals surface area contributed by atoms with Crippen molar-refractivity contribution in [2.75, 3.05) is 19.6 Å². The molecule has 5 nitrogen and oxygen atoms in total.